The minimum absolute atomic E-state index is 0.438. The van der Waals surface area contributed by atoms with Gasteiger partial charge in [0.2, 0.25) is 0 Å². The number of fused-ring (bicyclic) bond motifs is 1. The highest BCUT2D eigenvalue weighted by atomic mass is 16.5. The van der Waals surface area contributed by atoms with Crippen molar-refractivity contribution in [2.24, 2.45) is 5.92 Å². The summed E-state index contributed by atoms with van der Waals surface area (Å²) in [6.07, 6.45) is 1.90. The van der Waals surface area contributed by atoms with Crippen LogP contribution < -0.4 is 0 Å². The topological polar surface area (TPSA) is 46.4 Å². The molecule has 0 saturated carbocycles. The number of rotatable bonds is 7. The molecule has 1 aliphatic heterocycles. The van der Waals surface area contributed by atoms with Gasteiger partial charge in [-0.3, -0.25) is 14.6 Å². The fourth-order valence-corrected chi connectivity index (χ4v) is 3.26. The molecule has 0 radical (unpaired) electrons. The van der Waals surface area contributed by atoms with Crippen molar-refractivity contribution in [2.45, 2.75) is 26.6 Å². The zero-order chi connectivity index (χ0) is 17.6. The molecule has 136 valence electrons. The second-order valence-electron chi connectivity index (χ2n) is 7.19. The second-order valence-corrected chi connectivity index (χ2v) is 7.19. The average molecular weight is 343 g/mol. The highest BCUT2D eigenvalue weighted by molar-refractivity contribution is 5.10. The number of aryl methyl sites for hydroxylation is 1. The van der Waals surface area contributed by atoms with Crippen LogP contribution in [-0.4, -0.2) is 65.0 Å². The van der Waals surface area contributed by atoms with Gasteiger partial charge in [0, 0.05) is 50.5 Å². The van der Waals surface area contributed by atoms with Crippen LogP contribution in [0.25, 0.3) is 0 Å². The lowest BCUT2D eigenvalue weighted by Crippen LogP contribution is -2.31. The van der Waals surface area contributed by atoms with Crippen molar-refractivity contribution in [1.82, 2.24) is 24.6 Å². The van der Waals surface area contributed by atoms with E-state index >= 15 is 0 Å². The summed E-state index contributed by atoms with van der Waals surface area (Å²) in [5.74, 6) is 0.438. The molecule has 0 bridgehead atoms. The minimum atomic E-state index is 0.438. The molecule has 25 heavy (non-hydrogen) atoms. The standard InChI is InChI=1S/C19H29N5O/c1-16-5-4-6-18(21-16)13-23-11-17(15-25-10-9-22(2)3)12-24-19(14-23)7-8-20-24/h4-8,17H,9-15H2,1-3H3/t17-/m0/s1. The van der Waals surface area contributed by atoms with E-state index in [1.807, 2.05) is 19.2 Å². The van der Waals surface area contributed by atoms with Gasteiger partial charge >= 0.3 is 0 Å². The zero-order valence-electron chi connectivity index (χ0n) is 15.6. The molecule has 1 atom stereocenters. The summed E-state index contributed by atoms with van der Waals surface area (Å²) in [7, 11) is 4.14. The Morgan fingerprint density at radius 1 is 1.24 bits per heavy atom. The molecule has 6 heteroatoms. The van der Waals surface area contributed by atoms with Crippen molar-refractivity contribution in [1.29, 1.82) is 0 Å². The maximum Gasteiger partial charge on any atom is 0.0593 e. The first-order valence-corrected chi connectivity index (χ1v) is 8.98. The summed E-state index contributed by atoms with van der Waals surface area (Å²) < 4.78 is 8.05. The third-order valence-electron chi connectivity index (χ3n) is 4.51. The molecular weight excluding hydrogens is 314 g/mol. The number of hydrogen-bond acceptors (Lipinski definition) is 5. The molecule has 3 rings (SSSR count). The van der Waals surface area contributed by atoms with Crippen LogP contribution in [0.15, 0.2) is 30.5 Å². The quantitative estimate of drug-likeness (QED) is 0.718. The largest absolute Gasteiger partial charge is 0.380 e. The van der Waals surface area contributed by atoms with Crippen molar-refractivity contribution in [2.75, 3.05) is 40.4 Å². The average Bonchev–Trinajstić information content (AvgIpc) is 2.91. The molecule has 0 fully saturated rings. The monoisotopic (exact) mass is 343 g/mol. The maximum absolute atomic E-state index is 5.92. The Morgan fingerprint density at radius 3 is 2.92 bits per heavy atom. The van der Waals surface area contributed by atoms with Crippen LogP contribution in [0.1, 0.15) is 17.1 Å². The van der Waals surface area contributed by atoms with Crippen LogP contribution in [0.3, 0.4) is 0 Å². The number of ether oxygens (including phenoxy) is 1. The molecule has 2 aromatic heterocycles. The Bertz CT molecular complexity index is 669. The van der Waals surface area contributed by atoms with E-state index < -0.39 is 0 Å². The summed E-state index contributed by atoms with van der Waals surface area (Å²) >= 11 is 0. The number of pyridine rings is 1. The Kier molecular flexibility index (Phi) is 6.18. The minimum Gasteiger partial charge on any atom is -0.380 e. The van der Waals surface area contributed by atoms with E-state index in [4.69, 9.17) is 4.74 Å². The van der Waals surface area contributed by atoms with E-state index in [0.29, 0.717) is 5.92 Å². The molecule has 0 saturated heterocycles. The smallest absolute Gasteiger partial charge is 0.0593 e. The lowest BCUT2D eigenvalue weighted by molar-refractivity contribution is 0.0671. The van der Waals surface area contributed by atoms with Gasteiger partial charge in [-0.1, -0.05) is 6.07 Å². The van der Waals surface area contributed by atoms with E-state index in [0.717, 1.165) is 57.3 Å². The molecular formula is C19H29N5O. The van der Waals surface area contributed by atoms with E-state index in [9.17, 15) is 0 Å². The summed E-state index contributed by atoms with van der Waals surface area (Å²) in [6.45, 7) is 8.23. The van der Waals surface area contributed by atoms with Crippen molar-refractivity contribution in [3.63, 3.8) is 0 Å². The van der Waals surface area contributed by atoms with Gasteiger partial charge in [0.1, 0.15) is 0 Å². The van der Waals surface area contributed by atoms with Gasteiger partial charge in [0.05, 0.1) is 24.6 Å². The third kappa shape index (κ3) is 5.36. The van der Waals surface area contributed by atoms with Gasteiger partial charge < -0.3 is 9.64 Å². The van der Waals surface area contributed by atoms with Crippen molar-refractivity contribution < 1.29 is 4.74 Å². The van der Waals surface area contributed by atoms with Crippen LogP contribution >= 0.6 is 0 Å². The van der Waals surface area contributed by atoms with E-state index in [1.54, 1.807) is 0 Å². The fourth-order valence-electron chi connectivity index (χ4n) is 3.26. The molecule has 3 heterocycles. The number of nitrogens with zero attached hydrogens (tertiary/aromatic N) is 5. The Balaban J connectivity index is 1.64. The molecule has 0 aromatic carbocycles. The molecule has 6 nitrogen and oxygen atoms in total. The Hall–Kier alpha value is -1.76. The molecule has 2 aromatic rings. The number of hydrogen-bond donors (Lipinski definition) is 0. The Labute approximate surface area is 150 Å². The lowest BCUT2D eigenvalue weighted by atomic mass is 10.1. The normalized spacial score (nSPS) is 18.3. The fraction of sp³-hybridized carbons (Fsp3) is 0.579. The van der Waals surface area contributed by atoms with Gasteiger partial charge in [-0.15, -0.1) is 0 Å². The first-order chi connectivity index (χ1) is 12.1. The highest BCUT2D eigenvalue weighted by Crippen LogP contribution is 2.18. The predicted molar refractivity (Wildman–Crippen MR) is 98.2 cm³/mol. The molecule has 0 aliphatic carbocycles. The summed E-state index contributed by atoms with van der Waals surface area (Å²) in [5.41, 5.74) is 3.46. The number of aromatic nitrogens is 3. The zero-order valence-corrected chi connectivity index (χ0v) is 15.6. The molecule has 0 amide bonds. The van der Waals surface area contributed by atoms with E-state index in [-0.39, 0.29) is 0 Å². The highest BCUT2D eigenvalue weighted by Gasteiger charge is 2.23. The van der Waals surface area contributed by atoms with Gasteiger partial charge in [-0.05, 0) is 39.2 Å². The SMILES string of the molecule is Cc1cccc(CN2Cc3ccnn3C[C@@H](COCCN(C)C)C2)n1. The van der Waals surface area contributed by atoms with Crippen molar-refractivity contribution in [3.8, 4) is 0 Å². The second kappa shape index (κ2) is 8.56. The van der Waals surface area contributed by atoms with Crippen molar-refractivity contribution in [3.05, 3.63) is 47.5 Å². The van der Waals surface area contributed by atoms with Gasteiger partial charge in [-0.25, -0.2) is 0 Å². The van der Waals surface area contributed by atoms with E-state index in [2.05, 4.69) is 56.9 Å². The first-order valence-electron chi connectivity index (χ1n) is 8.98. The van der Waals surface area contributed by atoms with Crippen LogP contribution in [0, 0.1) is 12.8 Å². The molecule has 0 spiro atoms. The van der Waals surface area contributed by atoms with Crippen LogP contribution in [0.4, 0.5) is 0 Å². The van der Waals surface area contributed by atoms with Crippen molar-refractivity contribution >= 4 is 0 Å². The van der Waals surface area contributed by atoms with Crippen LogP contribution in [0.2, 0.25) is 0 Å². The number of likely N-dealkylation sites (N-methyl/N-ethyl adjacent to an activating group) is 1. The summed E-state index contributed by atoms with van der Waals surface area (Å²) in [5, 5.41) is 4.49. The lowest BCUT2D eigenvalue weighted by Gasteiger charge is -2.24. The van der Waals surface area contributed by atoms with Gasteiger partial charge in [0.15, 0.2) is 0 Å². The van der Waals surface area contributed by atoms with E-state index in [1.165, 1.54) is 5.69 Å². The summed E-state index contributed by atoms with van der Waals surface area (Å²) in [4.78, 5) is 9.27. The van der Waals surface area contributed by atoms with Gasteiger partial charge in [-0.2, -0.15) is 5.10 Å². The first kappa shape index (κ1) is 18.0. The third-order valence-corrected chi connectivity index (χ3v) is 4.51. The van der Waals surface area contributed by atoms with Crippen LogP contribution in [-0.2, 0) is 24.4 Å². The Morgan fingerprint density at radius 2 is 2.12 bits per heavy atom. The predicted octanol–water partition coefficient (Wildman–Crippen LogP) is 1.80. The molecule has 1 aliphatic rings. The summed E-state index contributed by atoms with van der Waals surface area (Å²) in [6, 6.07) is 8.35. The van der Waals surface area contributed by atoms with Crippen LogP contribution in [0.5, 0.6) is 0 Å². The molecule has 0 unspecified atom stereocenters. The molecule has 0 N–H and O–H groups in total. The van der Waals surface area contributed by atoms with Gasteiger partial charge in [0.25, 0.3) is 0 Å². The maximum atomic E-state index is 5.92.